The van der Waals surface area contributed by atoms with Gasteiger partial charge in [-0.25, -0.2) is 4.79 Å². The molecule has 0 heterocycles. The van der Waals surface area contributed by atoms with Crippen LogP contribution in [0.1, 0.15) is 25.7 Å². The van der Waals surface area contributed by atoms with E-state index < -0.39 is 0 Å². The SMILES string of the molecule is COC(=O)/C=C/C1=C(Cl)CCCC1. The molecule has 0 atom stereocenters. The van der Waals surface area contributed by atoms with Crippen molar-refractivity contribution < 1.29 is 9.53 Å². The van der Waals surface area contributed by atoms with Crippen LogP contribution < -0.4 is 0 Å². The van der Waals surface area contributed by atoms with Crippen molar-refractivity contribution in [1.82, 2.24) is 0 Å². The van der Waals surface area contributed by atoms with Crippen molar-refractivity contribution in [3.8, 4) is 0 Å². The molecule has 0 saturated heterocycles. The Bertz CT molecular complexity index is 254. The first-order chi connectivity index (χ1) is 6.24. The summed E-state index contributed by atoms with van der Waals surface area (Å²) in [4.78, 5) is 10.8. The fraction of sp³-hybridized carbons (Fsp3) is 0.500. The van der Waals surface area contributed by atoms with Crippen molar-refractivity contribution >= 4 is 17.6 Å². The Labute approximate surface area is 83.2 Å². The normalized spacial score (nSPS) is 18.0. The maximum Gasteiger partial charge on any atom is 0.330 e. The molecule has 0 N–H and O–H groups in total. The number of carbonyl (C=O) groups excluding carboxylic acids is 1. The van der Waals surface area contributed by atoms with Crippen molar-refractivity contribution in [3.63, 3.8) is 0 Å². The first kappa shape index (κ1) is 10.3. The summed E-state index contributed by atoms with van der Waals surface area (Å²) in [6.07, 6.45) is 7.37. The van der Waals surface area contributed by atoms with Crippen LogP contribution in [0, 0.1) is 0 Å². The van der Waals surface area contributed by atoms with Crippen molar-refractivity contribution in [1.29, 1.82) is 0 Å². The van der Waals surface area contributed by atoms with Crippen molar-refractivity contribution in [2.75, 3.05) is 7.11 Å². The predicted octanol–water partition coefficient (Wildman–Crippen LogP) is 2.78. The summed E-state index contributed by atoms with van der Waals surface area (Å²) in [6.45, 7) is 0. The number of carbonyl (C=O) groups is 1. The zero-order valence-corrected chi connectivity index (χ0v) is 8.43. The van der Waals surface area contributed by atoms with Crippen LogP contribution in [-0.2, 0) is 9.53 Å². The molecule has 0 aromatic rings. The number of hydrogen-bond acceptors (Lipinski definition) is 2. The van der Waals surface area contributed by atoms with Crippen LogP contribution in [0.3, 0.4) is 0 Å². The lowest BCUT2D eigenvalue weighted by Crippen LogP contribution is -1.97. The highest BCUT2D eigenvalue weighted by atomic mass is 35.5. The number of rotatable bonds is 2. The van der Waals surface area contributed by atoms with Crippen molar-refractivity contribution in [2.45, 2.75) is 25.7 Å². The highest BCUT2D eigenvalue weighted by Gasteiger charge is 2.08. The first-order valence-corrected chi connectivity index (χ1v) is 4.75. The van der Waals surface area contributed by atoms with Crippen LogP contribution in [0.5, 0.6) is 0 Å². The van der Waals surface area contributed by atoms with Gasteiger partial charge in [0.25, 0.3) is 0 Å². The number of methoxy groups -OCH3 is 1. The van der Waals surface area contributed by atoms with Crippen LogP contribution in [0.2, 0.25) is 0 Å². The Hall–Kier alpha value is -0.760. The van der Waals surface area contributed by atoms with E-state index in [1.54, 1.807) is 6.08 Å². The lowest BCUT2D eigenvalue weighted by atomic mass is 9.99. The van der Waals surface area contributed by atoms with E-state index in [1.807, 2.05) is 0 Å². The molecule has 3 heteroatoms. The minimum Gasteiger partial charge on any atom is -0.466 e. The fourth-order valence-corrected chi connectivity index (χ4v) is 1.59. The number of esters is 1. The van der Waals surface area contributed by atoms with E-state index in [0.29, 0.717) is 0 Å². The van der Waals surface area contributed by atoms with E-state index >= 15 is 0 Å². The van der Waals surface area contributed by atoms with Gasteiger partial charge in [-0.1, -0.05) is 17.7 Å². The first-order valence-electron chi connectivity index (χ1n) is 4.37. The molecule has 0 aliphatic heterocycles. The topological polar surface area (TPSA) is 26.3 Å². The Balaban J connectivity index is 2.61. The molecule has 1 aliphatic carbocycles. The maximum absolute atomic E-state index is 10.8. The summed E-state index contributed by atoms with van der Waals surface area (Å²) in [7, 11) is 1.36. The zero-order valence-electron chi connectivity index (χ0n) is 7.68. The van der Waals surface area contributed by atoms with Gasteiger partial charge in [-0.05, 0) is 31.3 Å². The largest absolute Gasteiger partial charge is 0.466 e. The molecular weight excluding hydrogens is 188 g/mol. The summed E-state index contributed by atoms with van der Waals surface area (Å²) < 4.78 is 4.49. The standard InChI is InChI=1S/C10H13ClO2/c1-13-10(12)7-6-8-4-2-3-5-9(8)11/h6-7H,2-5H2,1H3/b7-6+. The predicted molar refractivity (Wildman–Crippen MR) is 52.5 cm³/mol. The van der Waals surface area contributed by atoms with E-state index in [2.05, 4.69) is 4.74 Å². The van der Waals surface area contributed by atoms with Gasteiger partial charge in [-0.3, -0.25) is 0 Å². The van der Waals surface area contributed by atoms with Crippen LogP contribution >= 0.6 is 11.6 Å². The van der Waals surface area contributed by atoms with Gasteiger partial charge in [-0.15, -0.1) is 0 Å². The van der Waals surface area contributed by atoms with Crippen molar-refractivity contribution in [3.05, 3.63) is 22.8 Å². The summed E-state index contributed by atoms with van der Waals surface area (Å²) in [5.41, 5.74) is 1.07. The van der Waals surface area contributed by atoms with Crippen LogP contribution in [0.4, 0.5) is 0 Å². The number of hydrogen-bond donors (Lipinski definition) is 0. The second kappa shape index (κ2) is 5.07. The van der Waals surface area contributed by atoms with Gasteiger partial charge in [-0.2, -0.15) is 0 Å². The molecule has 1 rings (SSSR count). The Morgan fingerprint density at radius 1 is 1.46 bits per heavy atom. The Kier molecular flexibility index (Phi) is 4.03. The minimum absolute atomic E-state index is 0.331. The molecule has 0 fully saturated rings. The summed E-state index contributed by atoms with van der Waals surface area (Å²) in [5, 5.41) is 0.881. The molecule has 72 valence electrons. The van der Waals surface area contributed by atoms with Crippen LogP contribution in [0.25, 0.3) is 0 Å². The van der Waals surface area contributed by atoms with E-state index in [4.69, 9.17) is 11.6 Å². The van der Waals surface area contributed by atoms with E-state index in [-0.39, 0.29) is 5.97 Å². The molecule has 0 saturated carbocycles. The third-order valence-corrected chi connectivity index (χ3v) is 2.49. The fourth-order valence-electron chi connectivity index (χ4n) is 1.30. The number of halogens is 1. The van der Waals surface area contributed by atoms with Gasteiger partial charge in [0.05, 0.1) is 7.11 Å². The van der Waals surface area contributed by atoms with Gasteiger partial charge in [0, 0.05) is 11.1 Å². The highest BCUT2D eigenvalue weighted by molar-refractivity contribution is 6.30. The third kappa shape index (κ3) is 3.23. The Morgan fingerprint density at radius 3 is 2.77 bits per heavy atom. The lowest BCUT2D eigenvalue weighted by Gasteiger charge is -2.12. The quantitative estimate of drug-likeness (QED) is 0.506. The number of allylic oxidation sites excluding steroid dienone is 3. The van der Waals surface area contributed by atoms with Crippen LogP contribution in [0.15, 0.2) is 22.8 Å². The lowest BCUT2D eigenvalue weighted by molar-refractivity contribution is -0.134. The monoisotopic (exact) mass is 200 g/mol. The number of ether oxygens (including phenoxy) is 1. The van der Waals surface area contributed by atoms with Crippen LogP contribution in [-0.4, -0.2) is 13.1 Å². The molecule has 0 spiro atoms. The van der Waals surface area contributed by atoms with Gasteiger partial charge in [0.2, 0.25) is 0 Å². The molecule has 0 aromatic heterocycles. The summed E-state index contributed by atoms with van der Waals surface area (Å²) in [5.74, 6) is -0.331. The maximum atomic E-state index is 10.8. The molecule has 0 bridgehead atoms. The zero-order chi connectivity index (χ0) is 9.68. The Morgan fingerprint density at radius 2 is 2.15 bits per heavy atom. The van der Waals surface area contributed by atoms with Gasteiger partial charge in [0.15, 0.2) is 0 Å². The smallest absolute Gasteiger partial charge is 0.330 e. The van der Waals surface area contributed by atoms with Gasteiger partial charge >= 0.3 is 5.97 Å². The molecule has 0 radical (unpaired) electrons. The molecule has 0 amide bonds. The second-order valence-corrected chi connectivity index (χ2v) is 3.45. The van der Waals surface area contributed by atoms with E-state index in [0.717, 1.165) is 36.3 Å². The second-order valence-electron chi connectivity index (χ2n) is 2.99. The molecule has 13 heavy (non-hydrogen) atoms. The van der Waals surface area contributed by atoms with E-state index in [9.17, 15) is 4.79 Å². The van der Waals surface area contributed by atoms with Gasteiger partial charge < -0.3 is 4.74 Å². The average Bonchev–Trinajstić information content (AvgIpc) is 2.16. The van der Waals surface area contributed by atoms with E-state index in [1.165, 1.54) is 13.2 Å². The molecular formula is C10H13ClO2. The molecule has 2 nitrogen and oxygen atoms in total. The van der Waals surface area contributed by atoms with Gasteiger partial charge in [0.1, 0.15) is 0 Å². The minimum atomic E-state index is -0.331. The summed E-state index contributed by atoms with van der Waals surface area (Å²) >= 11 is 5.99. The molecule has 0 aromatic carbocycles. The third-order valence-electron chi connectivity index (χ3n) is 2.06. The highest BCUT2D eigenvalue weighted by Crippen LogP contribution is 2.27. The molecule has 0 unspecified atom stereocenters. The average molecular weight is 201 g/mol. The van der Waals surface area contributed by atoms with Crippen molar-refractivity contribution in [2.24, 2.45) is 0 Å². The summed E-state index contributed by atoms with van der Waals surface area (Å²) in [6, 6.07) is 0. The molecule has 1 aliphatic rings.